The highest BCUT2D eigenvalue weighted by Gasteiger charge is 2.34. The Bertz CT molecular complexity index is 883. The highest BCUT2D eigenvalue weighted by atomic mass is 28.3. The van der Waals surface area contributed by atoms with Crippen molar-refractivity contribution in [2.75, 3.05) is 0 Å². The van der Waals surface area contributed by atoms with E-state index >= 15 is 0 Å². The summed E-state index contributed by atoms with van der Waals surface area (Å²) in [5.41, 5.74) is 10.7. The van der Waals surface area contributed by atoms with E-state index in [1.165, 1.54) is 0 Å². The molecule has 1 atom stereocenters. The molecule has 0 aliphatic carbocycles. The molecular weight excluding hydrogens is 388 g/mol. The van der Waals surface area contributed by atoms with Gasteiger partial charge in [-0.15, -0.1) is 11.5 Å². The van der Waals surface area contributed by atoms with Gasteiger partial charge in [-0.25, -0.2) is 0 Å². The largest absolute Gasteiger partial charge is 0.368 e. The molecular formula is C25H32N2O2Si. The minimum absolute atomic E-state index is 0.122. The van der Waals surface area contributed by atoms with E-state index < -0.39 is 25.9 Å². The summed E-state index contributed by atoms with van der Waals surface area (Å²) in [6.45, 7) is 11.0. The molecule has 2 aromatic carbocycles. The predicted octanol–water partition coefficient (Wildman–Crippen LogP) is 4.23. The molecule has 0 aliphatic heterocycles. The molecule has 0 heterocycles. The van der Waals surface area contributed by atoms with Crippen molar-refractivity contribution in [3.8, 4) is 11.5 Å². The minimum atomic E-state index is -1.80. The second kappa shape index (κ2) is 9.77. The Kier molecular flexibility index (Phi) is 7.63. The zero-order valence-corrected chi connectivity index (χ0v) is 19.5. The van der Waals surface area contributed by atoms with Crippen molar-refractivity contribution >= 4 is 19.9 Å². The number of hydrogen-bond donors (Lipinski definition) is 2. The van der Waals surface area contributed by atoms with Gasteiger partial charge in [0.1, 0.15) is 14.1 Å². The highest BCUT2D eigenvalue weighted by molar-refractivity contribution is 6.87. The molecule has 0 aromatic heterocycles. The Morgan fingerprint density at radius 2 is 1.43 bits per heavy atom. The normalized spacial score (nSPS) is 12.6. The average Bonchev–Trinajstić information content (AvgIpc) is 2.68. The molecule has 2 amide bonds. The van der Waals surface area contributed by atoms with Gasteiger partial charge in [-0.05, 0) is 16.2 Å². The molecule has 0 saturated heterocycles. The Morgan fingerprint density at radius 1 is 0.967 bits per heavy atom. The van der Waals surface area contributed by atoms with Crippen LogP contribution in [0.2, 0.25) is 18.1 Å². The Morgan fingerprint density at radius 3 is 1.83 bits per heavy atom. The summed E-state index contributed by atoms with van der Waals surface area (Å²) in [5.74, 6) is 1.77. The third kappa shape index (κ3) is 6.08. The number of nitrogens with one attached hydrogen (secondary N) is 1. The van der Waals surface area contributed by atoms with Gasteiger partial charge in [0.05, 0.1) is 5.92 Å². The monoisotopic (exact) mass is 420 g/mol. The molecule has 0 radical (unpaired) electrons. The third-order valence-corrected chi connectivity index (χ3v) is 10.3. The fraction of sp³-hybridized carbons (Fsp3) is 0.360. The van der Waals surface area contributed by atoms with Gasteiger partial charge >= 0.3 is 0 Å². The van der Waals surface area contributed by atoms with E-state index in [4.69, 9.17) is 5.73 Å². The lowest BCUT2D eigenvalue weighted by Gasteiger charge is -2.31. The predicted molar refractivity (Wildman–Crippen MR) is 125 cm³/mol. The van der Waals surface area contributed by atoms with Crippen molar-refractivity contribution in [3.05, 3.63) is 71.8 Å². The van der Waals surface area contributed by atoms with Crippen LogP contribution in [0, 0.1) is 11.5 Å². The first-order chi connectivity index (χ1) is 14.0. The average molecular weight is 421 g/mol. The molecule has 0 saturated carbocycles. The molecule has 2 aromatic rings. The van der Waals surface area contributed by atoms with Crippen molar-refractivity contribution in [2.45, 2.75) is 57.3 Å². The Labute approximate surface area is 181 Å². The lowest BCUT2D eigenvalue weighted by Crippen LogP contribution is -2.46. The maximum absolute atomic E-state index is 13.2. The van der Waals surface area contributed by atoms with Gasteiger partial charge in [0.15, 0.2) is 0 Å². The number of rotatable bonds is 6. The lowest BCUT2D eigenvalue weighted by atomic mass is 9.90. The standard InChI is InChI=1S/C25H32N2O2Si/c1-25(2,3)30(4,5)18-12-17-21(23(26)28)27-24(29)22(19-13-8-6-9-14-19)20-15-10-7-11-16-20/h6-11,13-16,21-22H,17H2,1-5H3,(H2,26,28)(H,27,29)/t21-/m1/s1. The van der Waals surface area contributed by atoms with Crippen LogP contribution in [0.4, 0.5) is 0 Å². The molecule has 0 bridgehead atoms. The minimum Gasteiger partial charge on any atom is -0.368 e. The molecule has 0 unspecified atom stereocenters. The van der Waals surface area contributed by atoms with Crippen LogP contribution in [0.3, 0.4) is 0 Å². The summed E-state index contributed by atoms with van der Waals surface area (Å²) in [6, 6.07) is 18.2. The van der Waals surface area contributed by atoms with E-state index in [1.807, 2.05) is 60.7 Å². The van der Waals surface area contributed by atoms with Crippen molar-refractivity contribution in [1.29, 1.82) is 0 Å². The van der Waals surface area contributed by atoms with Crippen LogP contribution in [-0.4, -0.2) is 25.9 Å². The fourth-order valence-electron chi connectivity index (χ4n) is 2.83. The number of benzene rings is 2. The molecule has 5 heteroatoms. The Balaban J connectivity index is 2.25. The third-order valence-electron chi connectivity index (χ3n) is 5.77. The zero-order valence-electron chi connectivity index (χ0n) is 18.5. The van der Waals surface area contributed by atoms with E-state index in [9.17, 15) is 9.59 Å². The smallest absolute Gasteiger partial charge is 0.240 e. The van der Waals surface area contributed by atoms with Crippen molar-refractivity contribution < 1.29 is 9.59 Å². The van der Waals surface area contributed by atoms with E-state index in [-0.39, 0.29) is 17.4 Å². The number of amides is 2. The number of primary amides is 1. The van der Waals surface area contributed by atoms with Crippen molar-refractivity contribution in [2.24, 2.45) is 5.73 Å². The molecule has 3 N–H and O–H groups in total. The number of nitrogens with two attached hydrogens (primary N) is 1. The first-order valence-corrected chi connectivity index (χ1v) is 13.2. The zero-order chi connectivity index (χ0) is 22.4. The lowest BCUT2D eigenvalue weighted by molar-refractivity contribution is -0.127. The second-order valence-electron chi connectivity index (χ2n) is 9.10. The van der Waals surface area contributed by atoms with Gasteiger partial charge in [0.25, 0.3) is 0 Å². The van der Waals surface area contributed by atoms with Crippen LogP contribution in [0.25, 0.3) is 0 Å². The van der Waals surface area contributed by atoms with Gasteiger partial charge < -0.3 is 11.1 Å². The van der Waals surface area contributed by atoms with E-state index in [2.05, 4.69) is 50.6 Å². The van der Waals surface area contributed by atoms with Crippen molar-refractivity contribution in [3.63, 3.8) is 0 Å². The summed E-state index contributed by atoms with van der Waals surface area (Å²) in [5, 5.41) is 2.96. The summed E-state index contributed by atoms with van der Waals surface area (Å²) in [7, 11) is -1.80. The van der Waals surface area contributed by atoms with Gasteiger partial charge in [-0.1, -0.05) is 94.5 Å². The van der Waals surface area contributed by atoms with E-state index in [1.54, 1.807) is 0 Å². The maximum atomic E-state index is 13.2. The second-order valence-corrected chi connectivity index (χ2v) is 14.1. The van der Waals surface area contributed by atoms with Crippen LogP contribution in [-0.2, 0) is 9.59 Å². The number of carbonyl (C=O) groups is 2. The topological polar surface area (TPSA) is 72.2 Å². The van der Waals surface area contributed by atoms with Crippen LogP contribution >= 0.6 is 0 Å². The van der Waals surface area contributed by atoms with Crippen molar-refractivity contribution in [1.82, 2.24) is 5.32 Å². The number of carbonyl (C=O) groups excluding carboxylic acids is 2. The molecule has 2 rings (SSSR count). The van der Waals surface area contributed by atoms with Gasteiger partial charge in [0.2, 0.25) is 11.8 Å². The van der Waals surface area contributed by atoms with Crippen LogP contribution < -0.4 is 11.1 Å². The Hall–Kier alpha value is -2.84. The van der Waals surface area contributed by atoms with Crippen LogP contribution in [0.1, 0.15) is 44.2 Å². The molecule has 4 nitrogen and oxygen atoms in total. The summed E-state index contributed by atoms with van der Waals surface area (Å²) in [4.78, 5) is 25.3. The summed E-state index contributed by atoms with van der Waals surface area (Å²) in [6.07, 6.45) is 0.212. The quantitative estimate of drug-likeness (QED) is 0.542. The fourth-order valence-corrected chi connectivity index (χ4v) is 3.74. The van der Waals surface area contributed by atoms with Gasteiger partial charge in [-0.2, -0.15) is 0 Å². The molecule has 158 valence electrons. The van der Waals surface area contributed by atoms with Crippen LogP contribution in [0.5, 0.6) is 0 Å². The molecule has 30 heavy (non-hydrogen) atoms. The molecule has 0 fully saturated rings. The van der Waals surface area contributed by atoms with E-state index in [0.717, 1.165) is 11.1 Å². The SMILES string of the molecule is CC(C)(C)[Si](C)(C)C#CC[C@@H](NC(=O)C(c1ccccc1)c1ccccc1)C(N)=O. The first kappa shape index (κ1) is 23.4. The molecule has 0 aliphatic rings. The number of hydrogen-bond acceptors (Lipinski definition) is 2. The summed E-state index contributed by atoms with van der Waals surface area (Å²) >= 11 is 0. The summed E-state index contributed by atoms with van der Waals surface area (Å²) < 4.78 is 0. The first-order valence-electron chi connectivity index (χ1n) is 10.2. The maximum Gasteiger partial charge on any atom is 0.240 e. The van der Waals surface area contributed by atoms with Crippen LogP contribution in [0.15, 0.2) is 60.7 Å². The van der Waals surface area contributed by atoms with Gasteiger partial charge in [-0.3, -0.25) is 9.59 Å². The van der Waals surface area contributed by atoms with Gasteiger partial charge in [0, 0.05) is 6.42 Å². The highest BCUT2D eigenvalue weighted by Crippen LogP contribution is 2.35. The molecule has 0 spiro atoms. The van der Waals surface area contributed by atoms with E-state index in [0.29, 0.717) is 0 Å².